The van der Waals surface area contributed by atoms with Crippen LogP contribution in [0.4, 0.5) is 10.5 Å². The molecular formula is C25H22N6O2. The second-order valence-electron chi connectivity index (χ2n) is 7.50. The number of amides is 2. The van der Waals surface area contributed by atoms with E-state index >= 15 is 0 Å². The van der Waals surface area contributed by atoms with Crippen molar-refractivity contribution in [3.63, 3.8) is 0 Å². The minimum Gasteiger partial charge on any atom is -0.495 e. The average molecular weight is 438 g/mol. The van der Waals surface area contributed by atoms with Gasteiger partial charge in [0, 0.05) is 11.1 Å². The fourth-order valence-electron chi connectivity index (χ4n) is 3.93. The third-order valence-electron chi connectivity index (χ3n) is 5.42. The topological polar surface area (TPSA) is 93.4 Å². The smallest absolute Gasteiger partial charge is 0.321 e. The van der Waals surface area contributed by atoms with E-state index in [1.807, 2.05) is 78.2 Å². The largest absolute Gasteiger partial charge is 0.495 e. The molecule has 2 N–H and O–H groups in total. The van der Waals surface area contributed by atoms with Crippen molar-refractivity contribution in [2.24, 2.45) is 4.99 Å². The Hall–Kier alpha value is -4.46. The monoisotopic (exact) mass is 438 g/mol. The number of hydrogen-bond donors (Lipinski definition) is 2. The highest BCUT2D eigenvalue weighted by molar-refractivity contribution is 6.15. The van der Waals surface area contributed by atoms with Gasteiger partial charge in [-0.05, 0) is 25.1 Å². The van der Waals surface area contributed by atoms with E-state index < -0.39 is 12.2 Å². The fraction of sp³-hybridized carbons (Fsp3) is 0.120. The maximum Gasteiger partial charge on any atom is 0.321 e. The highest BCUT2D eigenvalue weighted by Crippen LogP contribution is 2.30. The first-order chi connectivity index (χ1) is 16.2. The van der Waals surface area contributed by atoms with Gasteiger partial charge in [0.25, 0.3) is 0 Å². The van der Waals surface area contributed by atoms with Gasteiger partial charge in [-0.2, -0.15) is 0 Å². The Morgan fingerprint density at radius 3 is 2.48 bits per heavy atom. The normalized spacial score (nSPS) is 14.4. The zero-order valence-electron chi connectivity index (χ0n) is 18.2. The van der Waals surface area contributed by atoms with Gasteiger partial charge in [0.15, 0.2) is 12.0 Å². The van der Waals surface area contributed by atoms with Crippen LogP contribution in [0.25, 0.3) is 5.69 Å². The highest BCUT2D eigenvalue weighted by atomic mass is 16.5. The summed E-state index contributed by atoms with van der Waals surface area (Å²) in [5, 5.41) is 14.4. The molecule has 8 heteroatoms. The van der Waals surface area contributed by atoms with Gasteiger partial charge in [0.05, 0.1) is 24.2 Å². The van der Waals surface area contributed by atoms with Crippen LogP contribution in [0.5, 0.6) is 5.75 Å². The Bertz CT molecular complexity index is 1350. The van der Waals surface area contributed by atoms with E-state index in [0.29, 0.717) is 23.1 Å². The molecule has 1 aromatic heterocycles. The van der Waals surface area contributed by atoms with Crippen molar-refractivity contribution in [3.8, 4) is 11.4 Å². The molecule has 0 bridgehead atoms. The molecule has 0 saturated heterocycles. The number of para-hydroxylation sites is 3. The van der Waals surface area contributed by atoms with Crippen LogP contribution < -0.4 is 15.4 Å². The lowest BCUT2D eigenvalue weighted by Gasteiger charge is -2.16. The van der Waals surface area contributed by atoms with Crippen molar-refractivity contribution in [1.29, 1.82) is 0 Å². The minimum atomic E-state index is -0.761. The quantitative estimate of drug-likeness (QED) is 0.498. The lowest BCUT2D eigenvalue weighted by Crippen LogP contribution is -2.33. The third-order valence-corrected chi connectivity index (χ3v) is 5.42. The lowest BCUT2D eigenvalue weighted by atomic mass is 10.0. The molecule has 0 fully saturated rings. The molecule has 0 spiro atoms. The number of urea groups is 1. The van der Waals surface area contributed by atoms with Crippen molar-refractivity contribution in [1.82, 2.24) is 20.1 Å². The van der Waals surface area contributed by atoms with E-state index in [-0.39, 0.29) is 0 Å². The second-order valence-corrected chi connectivity index (χ2v) is 7.50. The highest BCUT2D eigenvalue weighted by Gasteiger charge is 2.29. The number of nitrogens with one attached hydrogen (secondary N) is 2. The Labute approximate surface area is 191 Å². The van der Waals surface area contributed by atoms with Crippen molar-refractivity contribution < 1.29 is 9.53 Å². The summed E-state index contributed by atoms with van der Waals surface area (Å²) in [4.78, 5) is 17.9. The summed E-state index contributed by atoms with van der Waals surface area (Å²) in [5.41, 5.74) is 4.10. The number of aromatic nitrogens is 3. The first-order valence-electron chi connectivity index (χ1n) is 10.5. The molecule has 1 unspecified atom stereocenters. The summed E-state index contributed by atoms with van der Waals surface area (Å²) in [6.45, 7) is 1.88. The molecule has 8 nitrogen and oxygen atoms in total. The van der Waals surface area contributed by atoms with Gasteiger partial charge in [-0.25, -0.2) is 4.79 Å². The Morgan fingerprint density at radius 1 is 0.939 bits per heavy atom. The van der Waals surface area contributed by atoms with E-state index in [1.165, 1.54) is 0 Å². The second kappa shape index (κ2) is 8.58. The Balaban J connectivity index is 1.58. The van der Waals surface area contributed by atoms with Crippen LogP contribution in [-0.2, 0) is 0 Å². The molecule has 5 rings (SSSR count). The number of hydrogen-bond acceptors (Lipinski definition) is 5. The fourth-order valence-corrected chi connectivity index (χ4v) is 3.93. The molecule has 1 aliphatic rings. The van der Waals surface area contributed by atoms with Gasteiger partial charge >= 0.3 is 6.03 Å². The number of anilines is 1. The number of fused-ring (bicyclic) bond motifs is 3. The zero-order chi connectivity index (χ0) is 22.8. The third kappa shape index (κ3) is 3.82. The van der Waals surface area contributed by atoms with Crippen LogP contribution in [0.15, 0.2) is 83.9 Å². The van der Waals surface area contributed by atoms with Crippen molar-refractivity contribution >= 4 is 17.4 Å². The molecule has 2 heterocycles. The van der Waals surface area contributed by atoms with E-state index in [0.717, 1.165) is 22.5 Å². The lowest BCUT2D eigenvalue weighted by molar-refractivity contribution is 0.248. The number of ether oxygens (including phenoxy) is 1. The maximum atomic E-state index is 13.0. The molecule has 0 saturated carbocycles. The molecule has 0 aliphatic carbocycles. The van der Waals surface area contributed by atoms with Gasteiger partial charge in [0.1, 0.15) is 11.6 Å². The molecule has 33 heavy (non-hydrogen) atoms. The Morgan fingerprint density at radius 2 is 1.67 bits per heavy atom. The van der Waals surface area contributed by atoms with E-state index in [1.54, 1.807) is 19.2 Å². The first-order valence-corrected chi connectivity index (χ1v) is 10.5. The van der Waals surface area contributed by atoms with Crippen LogP contribution in [-0.4, -0.2) is 33.6 Å². The average Bonchev–Trinajstić information content (AvgIpc) is 3.17. The van der Waals surface area contributed by atoms with E-state index in [2.05, 4.69) is 20.8 Å². The number of aliphatic imine (C=N–C) groups is 1. The number of carbonyl (C=O) groups is 1. The molecule has 164 valence electrons. The summed E-state index contributed by atoms with van der Waals surface area (Å²) >= 11 is 0. The van der Waals surface area contributed by atoms with Gasteiger partial charge in [-0.15, -0.1) is 10.2 Å². The van der Waals surface area contributed by atoms with Crippen LogP contribution >= 0.6 is 0 Å². The summed E-state index contributed by atoms with van der Waals surface area (Å²) in [6, 6.07) is 24.6. The van der Waals surface area contributed by atoms with E-state index in [4.69, 9.17) is 9.73 Å². The number of benzene rings is 3. The molecule has 3 aromatic carbocycles. The molecule has 0 radical (unpaired) electrons. The number of aryl methyl sites for hydroxylation is 1. The summed E-state index contributed by atoms with van der Waals surface area (Å²) in [7, 11) is 1.56. The van der Waals surface area contributed by atoms with Gasteiger partial charge < -0.3 is 15.4 Å². The number of methoxy groups -OCH3 is 1. The van der Waals surface area contributed by atoms with Crippen molar-refractivity contribution in [2.45, 2.75) is 13.1 Å². The predicted molar refractivity (Wildman–Crippen MR) is 126 cm³/mol. The maximum absolute atomic E-state index is 13.0. The SMILES string of the molecule is COc1ccccc1NC(=O)NC1N=C(c2ccccc2)c2ccccc2-n2c(C)nnc21. The molecular weight excluding hydrogens is 416 g/mol. The van der Waals surface area contributed by atoms with Crippen LogP contribution in [0.1, 0.15) is 28.9 Å². The van der Waals surface area contributed by atoms with Crippen molar-refractivity contribution in [3.05, 3.63) is 102 Å². The van der Waals surface area contributed by atoms with Crippen LogP contribution in [0, 0.1) is 6.92 Å². The van der Waals surface area contributed by atoms with Gasteiger partial charge in [-0.3, -0.25) is 9.56 Å². The summed E-state index contributed by atoms with van der Waals surface area (Å²) in [6.07, 6.45) is -0.761. The predicted octanol–water partition coefficient (Wildman–Crippen LogP) is 4.26. The van der Waals surface area contributed by atoms with Crippen LogP contribution in [0.2, 0.25) is 0 Å². The Kier molecular flexibility index (Phi) is 5.32. The molecule has 4 aromatic rings. The van der Waals surface area contributed by atoms with E-state index in [9.17, 15) is 4.79 Å². The van der Waals surface area contributed by atoms with Gasteiger partial charge in [-0.1, -0.05) is 60.7 Å². The number of carbonyl (C=O) groups excluding carboxylic acids is 1. The summed E-state index contributed by atoms with van der Waals surface area (Å²) < 4.78 is 7.27. The minimum absolute atomic E-state index is 0.432. The van der Waals surface area contributed by atoms with Crippen molar-refractivity contribution in [2.75, 3.05) is 12.4 Å². The number of rotatable bonds is 4. The van der Waals surface area contributed by atoms with Gasteiger partial charge in [0.2, 0.25) is 0 Å². The first kappa shape index (κ1) is 20.4. The molecule has 1 atom stereocenters. The molecule has 2 amide bonds. The zero-order valence-corrected chi connectivity index (χ0v) is 18.2. The standard InChI is InChI=1S/C25H22N6O2/c1-16-29-30-24-23(28-25(32)26-19-13-7-9-15-21(19)33-2)27-22(17-10-4-3-5-11-17)18-12-6-8-14-20(18)31(16)24/h3-15,23H,1-2H3,(H2,26,28,32). The summed E-state index contributed by atoms with van der Waals surface area (Å²) in [5.74, 6) is 1.80. The molecule has 1 aliphatic heterocycles. The van der Waals surface area contributed by atoms with Crippen LogP contribution in [0.3, 0.4) is 0 Å². The number of nitrogens with zero attached hydrogens (tertiary/aromatic N) is 4.